The number of likely N-dealkylation sites (tertiary alicyclic amines) is 1. The summed E-state index contributed by atoms with van der Waals surface area (Å²) in [5, 5.41) is 9.79. The molecular formula is C15H18ClNO4. The lowest BCUT2D eigenvalue weighted by Crippen LogP contribution is -2.41. The summed E-state index contributed by atoms with van der Waals surface area (Å²) in [7, 11) is 0. The van der Waals surface area contributed by atoms with Crippen LogP contribution in [0.5, 0.6) is 5.75 Å². The monoisotopic (exact) mass is 311 g/mol. The summed E-state index contributed by atoms with van der Waals surface area (Å²) in [5.41, 5.74) is -0.865. The van der Waals surface area contributed by atoms with Gasteiger partial charge in [0.2, 0.25) is 0 Å². The molecule has 1 heterocycles. The zero-order valence-electron chi connectivity index (χ0n) is 12.0. The maximum Gasteiger partial charge on any atom is 0.311 e. The Morgan fingerprint density at radius 3 is 2.52 bits per heavy atom. The van der Waals surface area contributed by atoms with Crippen molar-refractivity contribution in [1.29, 1.82) is 0 Å². The van der Waals surface area contributed by atoms with Crippen molar-refractivity contribution in [3.63, 3.8) is 0 Å². The Bertz CT molecular complexity index is 545. The number of hydrogen-bond donors (Lipinski definition) is 1. The fourth-order valence-electron chi connectivity index (χ4n) is 2.35. The second-order valence-corrected chi connectivity index (χ2v) is 6.03. The standard InChI is InChI=1S/C15H18ClNO4/c1-10(21-12-5-3-11(16)4-6-12)13(18)17-8-7-15(2,9-17)14(19)20/h3-6,10H,7-9H2,1-2H3,(H,19,20). The van der Waals surface area contributed by atoms with Gasteiger partial charge in [-0.25, -0.2) is 0 Å². The number of amides is 1. The molecule has 1 aromatic rings. The Morgan fingerprint density at radius 2 is 2.00 bits per heavy atom. The highest BCUT2D eigenvalue weighted by atomic mass is 35.5. The summed E-state index contributed by atoms with van der Waals surface area (Å²) >= 11 is 5.79. The van der Waals surface area contributed by atoms with E-state index in [1.807, 2.05) is 0 Å². The molecule has 1 aromatic carbocycles. The molecule has 6 heteroatoms. The number of carbonyl (C=O) groups is 2. The number of nitrogens with zero attached hydrogens (tertiary/aromatic N) is 1. The molecule has 0 aromatic heterocycles. The Balaban J connectivity index is 1.97. The van der Waals surface area contributed by atoms with Gasteiger partial charge in [0.05, 0.1) is 5.41 Å². The zero-order valence-corrected chi connectivity index (χ0v) is 12.8. The smallest absolute Gasteiger partial charge is 0.311 e. The van der Waals surface area contributed by atoms with Crippen LogP contribution in [0.1, 0.15) is 20.3 Å². The van der Waals surface area contributed by atoms with Crippen molar-refractivity contribution in [3.05, 3.63) is 29.3 Å². The molecule has 1 saturated heterocycles. The summed E-state index contributed by atoms with van der Waals surface area (Å²) in [4.78, 5) is 25.1. The molecule has 1 N–H and O–H groups in total. The first kappa shape index (κ1) is 15.6. The summed E-state index contributed by atoms with van der Waals surface area (Å²) in [6.45, 7) is 3.98. The van der Waals surface area contributed by atoms with Gasteiger partial charge in [0.25, 0.3) is 5.91 Å². The van der Waals surface area contributed by atoms with Crippen molar-refractivity contribution in [1.82, 2.24) is 4.90 Å². The lowest BCUT2D eigenvalue weighted by atomic mass is 9.90. The zero-order chi connectivity index (χ0) is 15.6. The highest BCUT2D eigenvalue weighted by molar-refractivity contribution is 6.30. The molecular weight excluding hydrogens is 294 g/mol. The van der Waals surface area contributed by atoms with E-state index in [0.717, 1.165) is 0 Å². The predicted octanol–water partition coefficient (Wildman–Crippen LogP) is 2.43. The van der Waals surface area contributed by atoms with Crippen molar-refractivity contribution in [2.45, 2.75) is 26.4 Å². The number of hydrogen-bond acceptors (Lipinski definition) is 3. The van der Waals surface area contributed by atoms with Gasteiger partial charge in [0.15, 0.2) is 6.10 Å². The molecule has 2 unspecified atom stereocenters. The molecule has 1 aliphatic rings. The maximum absolute atomic E-state index is 12.3. The van der Waals surface area contributed by atoms with E-state index in [9.17, 15) is 14.7 Å². The first-order valence-electron chi connectivity index (χ1n) is 6.76. The molecule has 1 amide bonds. The van der Waals surface area contributed by atoms with Crippen molar-refractivity contribution in [3.8, 4) is 5.75 Å². The van der Waals surface area contributed by atoms with Gasteiger partial charge in [-0.05, 0) is 44.5 Å². The van der Waals surface area contributed by atoms with Crippen LogP contribution in [0.3, 0.4) is 0 Å². The SMILES string of the molecule is CC(Oc1ccc(Cl)cc1)C(=O)N1CCC(C)(C(=O)O)C1. The van der Waals surface area contributed by atoms with Crippen LogP contribution in [-0.2, 0) is 9.59 Å². The van der Waals surface area contributed by atoms with E-state index in [1.54, 1.807) is 43.0 Å². The molecule has 0 spiro atoms. The Labute approximate surface area is 128 Å². The fraction of sp³-hybridized carbons (Fsp3) is 0.467. The van der Waals surface area contributed by atoms with Gasteiger partial charge in [0.1, 0.15) is 5.75 Å². The van der Waals surface area contributed by atoms with Crippen LogP contribution in [-0.4, -0.2) is 41.1 Å². The number of carboxylic acids is 1. The second kappa shape index (κ2) is 5.93. The van der Waals surface area contributed by atoms with Crippen LogP contribution in [0.2, 0.25) is 5.02 Å². The first-order valence-corrected chi connectivity index (χ1v) is 7.14. The van der Waals surface area contributed by atoms with Crippen LogP contribution in [0, 0.1) is 5.41 Å². The number of carboxylic acid groups (broad SMARTS) is 1. The highest BCUT2D eigenvalue weighted by Crippen LogP contribution is 2.30. The summed E-state index contributed by atoms with van der Waals surface area (Å²) in [6.07, 6.45) is -0.204. The highest BCUT2D eigenvalue weighted by Gasteiger charge is 2.43. The van der Waals surface area contributed by atoms with E-state index in [-0.39, 0.29) is 12.5 Å². The number of benzene rings is 1. The molecule has 2 rings (SSSR count). The van der Waals surface area contributed by atoms with Crippen LogP contribution < -0.4 is 4.74 Å². The van der Waals surface area contributed by atoms with Gasteiger partial charge in [-0.2, -0.15) is 0 Å². The Kier molecular flexibility index (Phi) is 4.42. The predicted molar refractivity (Wildman–Crippen MR) is 78.5 cm³/mol. The summed E-state index contributed by atoms with van der Waals surface area (Å²) in [5.74, 6) is -0.514. The minimum atomic E-state index is -0.871. The quantitative estimate of drug-likeness (QED) is 0.927. The minimum Gasteiger partial charge on any atom is -0.481 e. The summed E-state index contributed by atoms with van der Waals surface area (Å²) in [6, 6.07) is 6.76. The van der Waals surface area contributed by atoms with Gasteiger partial charge in [-0.1, -0.05) is 11.6 Å². The van der Waals surface area contributed by atoms with Crippen molar-refractivity contribution in [2.75, 3.05) is 13.1 Å². The molecule has 0 saturated carbocycles. The van der Waals surface area contributed by atoms with Crippen LogP contribution in [0.4, 0.5) is 0 Å². The van der Waals surface area contributed by atoms with Gasteiger partial charge in [-0.3, -0.25) is 9.59 Å². The molecule has 21 heavy (non-hydrogen) atoms. The van der Waals surface area contributed by atoms with Crippen molar-refractivity contribution in [2.24, 2.45) is 5.41 Å². The molecule has 2 atom stereocenters. The van der Waals surface area contributed by atoms with Crippen LogP contribution >= 0.6 is 11.6 Å². The molecule has 114 valence electrons. The number of carbonyl (C=O) groups excluding carboxylic acids is 1. The average Bonchev–Trinajstić information content (AvgIpc) is 2.84. The molecule has 0 radical (unpaired) electrons. The molecule has 1 aliphatic heterocycles. The number of rotatable bonds is 4. The van der Waals surface area contributed by atoms with Gasteiger partial charge in [0, 0.05) is 18.1 Å². The lowest BCUT2D eigenvalue weighted by molar-refractivity contribution is -0.147. The first-order chi connectivity index (χ1) is 9.82. The minimum absolute atomic E-state index is 0.199. The maximum atomic E-state index is 12.3. The largest absolute Gasteiger partial charge is 0.481 e. The van der Waals surface area contributed by atoms with E-state index in [2.05, 4.69) is 0 Å². The molecule has 0 aliphatic carbocycles. The Hall–Kier alpha value is -1.75. The average molecular weight is 312 g/mol. The van der Waals surface area contributed by atoms with E-state index >= 15 is 0 Å². The van der Waals surface area contributed by atoms with Gasteiger partial charge in [-0.15, -0.1) is 0 Å². The van der Waals surface area contributed by atoms with Crippen LogP contribution in [0.15, 0.2) is 24.3 Å². The fourth-order valence-corrected chi connectivity index (χ4v) is 2.47. The van der Waals surface area contributed by atoms with Crippen molar-refractivity contribution >= 4 is 23.5 Å². The van der Waals surface area contributed by atoms with E-state index in [4.69, 9.17) is 16.3 Å². The van der Waals surface area contributed by atoms with Crippen molar-refractivity contribution < 1.29 is 19.4 Å². The molecule has 0 bridgehead atoms. The number of halogens is 1. The van der Waals surface area contributed by atoms with E-state index in [0.29, 0.717) is 23.7 Å². The Morgan fingerprint density at radius 1 is 1.38 bits per heavy atom. The van der Waals surface area contributed by atoms with E-state index < -0.39 is 17.5 Å². The third-order valence-electron chi connectivity index (χ3n) is 3.78. The third kappa shape index (κ3) is 3.47. The second-order valence-electron chi connectivity index (χ2n) is 5.59. The van der Waals surface area contributed by atoms with Crippen LogP contribution in [0.25, 0.3) is 0 Å². The normalized spacial score (nSPS) is 22.9. The topological polar surface area (TPSA) is 66.8 Å². The molecule has 1 fully saturated rings. The van der Waals surface area contributed by atoms with Gasteiger partial charge < -0.3 is 14.7 Å². The number of ether oxygens (including phenoxy) is 1. The van der Waals surface area contributed by atoms with E-state index in [1.165, 1.54) is 0 Å². The summed E-state index contributed by atoms with van der Waals surface area (Å²) < 4.78 is 5.57. The lowest BCUT2D eigenvalue weighted by Gasteiger charge is -2.23. The molecule has 5 nitrogen and oxygen atoms in total. The number of aliphatic carboxylic acids is 1. The van der Waals surface area contributed by atoms with Gasteiger partial charge >= 0.3 is 5.97 Å². The third-order valence-corrected chi connectivity index (χ3v) is 4.03.